The van der Waals surface area contributed by atoms with Crippen LogP contribution < -0.4 is 30.5 Å². The van der Waals surface area contributed by atoms with E-state index in [0.29, 0.717) is 23.5 Å². The van der Waals surface area contributed by atoms with Gasteiger partial charge < -0.3 is 35.2 Å². The Bertz CT molecular complexity index is 1330. The summed E-state index contributed by atoms with van der Waals surface area (Å²) in [6, 6.07) is 21.0. The Morgan fingerprint density at radius 1 is 0.902 bits per heavy atom. The summed E-state index contributed by atoms with van der Waals surface area (Å²) in [5.41, 5.74) is 4.90. The Kier molecular flexibility index (Phi) is 9.26. The Morgan fingerprint density at radius 3 is 2.27 bits per heavy atom. The number of carbonyl (C=O) groups excluding carboxylic acids is 2. The zero-order valence-electron chi connectivity index (χ0n) is 23.8. The number of nitrogens with one attached hydrogen (secondary N) is 3. The molecule has 216 valence electrons. The van der Waals surface area contributed by atoms with Crippen LogP contribution in [0.4, 0.5) is 27.5 Å². The van der Waals surface area contributed by atoms with Gasteiger partial charge in [-0.05, 0) is 67.3 Å². The number of piperazine rings is 1. The summed E-state index contributed by atoms with van der Waals surface area (Å²) < 4.78 is 11.3. The van der Waals surface area contributed by atoms with Crippen molar-refractivity contribution in [2.45, 2.75) is 32.3 Å². The van der Waals surface area contributed by atoms with Gasteiger partial charge in [-0.25, -0.2) is 4.79 Å². The van der Waals surface area contributed by atoms with Gasteiger partial charge in [0.05, 0.1) is 24.5 Å². The molecule has 0 spiro atoms. The number of hydrogen-bond acceptors (Lipinski definition) is 6. The lowest BCUT2D eigenvalue weighted by molar-refractivity contribution is 0.0858. The lowest BCUT2D eigenvalue weighted by Crippen LogP contribution is -2.47. The van der Waals surface area contributed by atoms with Crippen LogP contribution in [0.1, 0.15) is 35.7 Å². The van der Waals surface area contributed by atoms with Crippen molar-refractivity contribution in [3.63, 3.8) is 0 Å². The van der Waals surface area contributed by atoms with Gasteiger partial charge in [0, 0.05) is 56.4 Å². The first kappa shape index (κ1) is 28.3. The number of amides is 3. The number of anilines is 4. The second-order valence-corrected chi connectivity index (χ2v) is 10.4. The molecule has 3 amide bonds. The largest absolute Gasteiger partial charge is 0.495 e. The lowest BCUT2D eigenvalue weighted by Gasteiger charge is -2.38. The molecule has 3 aromatic carbocycles. The van der Waals surface area contributed by atoms with E-state index < -0.39 is 0 Å². The normalized spacial score (nSPS) is 16.8. The second kappa shape index (κ2) is 13.4. The van der Waals surface area contributed by atoms with Crippen molar-refractivity contribution in [1.29, 1.82) is 0 Å². The quantitative estimate of drug-likeness (QED) is 0.337. The van der Waals surface area contributed by atoms with Crippen LogP contribution >= 0.6 is 0 Å². The topological polar surface area (TPSA) is 95.2 Å². The lowest BCUT2D eigenvalue weighted by atomic mass is 10.1. The minimum atomic E-state index is -0.363. The predicted octanol–water partition coefficient (Wildman–Crippen LogP) is 5.14. The van der Waals surface area contributed by atoms with Crippen molar-refractivity contribution in [2.24, 2.45) is 0 Å². The number of benzene rings is 3. The summed E-state index contributed by atoms with van der Waals surface area (Å²) in [7, 11) is 1.69. The van der Waals surface area contributed by atoms with Gasteiger partial charge in [-0.1, -0.05) is 31.2 Å². The van der Waals surface area contributed by atoms with Crippen LogP contribution in [0.3, 0.4) is 0 Å². The minimum Gasteiger partial charge on any atom is -0.495 e. The van der Waals surface area contributed by atoms with Crippen LogP contribution in [-0.4, -0.2) is 64.5 Å². The Morgan fingerprint density at radius 2 is 1.59 bits per heavy atom. The van der Waals surface area contributed by atoms with Gasteiger partial charge in [-0.3, -0.25) is 4.79 Å². The SMILES string of the molecule is CCc1ccc(NC(=O)Nc2ccc(N3CCN(c4ccccc4OC)CC3)c(C(=O)NCC3CCCO3)c2)cc1. The molecule has 0 saturated carbocycles. The van der Waals surface area contributed by atoms with Gasteiger partial charge in [0.25, 0.3) is 5.91 Å². The predicted molar refractivity (Wildman–Crippen MR) is 164 cm³/mol. The molecule has 0 radical (unpaired) electrons. The molecule has 41 heavy (non-hydrogen) atoms. The molecule has 2 heterocycles. The first-order valence-corrected chi connectivity index (χ1v) is 14.4. The van der Waals surface area contributed by atoms with Crippen molar-refractivity contribution in [2.75, 3.05) is 66.9 Å². The summed E-state index contributed by atoms with van der Waals surface area (Å²) in [6.07, 6.45) is 2.93. The molecule has 2 aliphatic heterocycles. The molecule has 2 saturated heterocycles. The number of ether oxygens (including phenoxy) is 2. The molecule has 9 heteroatoms. The monoisotopic (exact) mass is 557 g/mol. The van der Waals surface area contributed by atoms with E-state index in [9.17, 15) is 9.59 Å². The Hall–Kier alpha value is -4.24. The standard InChI is InChI=1S/C32H39N5O4/c1-3-23-10-12-24(13-11-23)34-32(39)35-25-14-15-28(27(21-25)31(38)33-22-26-7-6-20-41-26)36-16-18-37(19-17-36)29-8-4-5-9-30(29)40-2/h4-5,8-15,21,26H,3,6-7,16-20,22H2,1-2H3,(H,33,38)(H2,34,35,39). The molecule has 1 unspecified atom stereocenters. The van der Waals surface area contributed by atoms with Crippen LogP contribution in [0.15, 0.2) is 66.7 Å². The molecule has 3 aromatic rings. The molecule has 1 atom stereocenters. The molecule has 0 aliphatic carbocycles. The zero-order chi connectivity index (χ0) is 28.6. The number of methoxy groups -OCH3 is 1. The third-order valence-electron chi connectivity index (χ3n) is 7.68. The van der Waals surface area contributed by atoms with Gasteiger partial charge in [0.15, 0.2) is 0 Å². The van der Waals surface area contributed by atoms with E-state index >= 15 is 0 Å². The highest BCUT2D eigenvalue weighted by Gasteiger charge is 2.25. The van der Waals surface area contributed by atoms with E-state index in [0.717, 1.165) is 69.2 Å². The summed E-state index contributed by atoms with van der Waals surface area (Å²) >= 11 is 0. The summed E-state index contributed by atoms with van der Waals surface area (Å²) in [5.74, 6) is 0.673. The highest BCUT2D eigenvalue weighted by atomic mass is 16.5. The van der Waals surface area contributed by atoms with Gasteiger partial charge in [-0.2, -0.15) is 0 Å². The molecular formula is C32H39N5O4. The van der Waals surface area contributed by atoms with E-state index in [1.807, 2.05) is 54.6 Å². The van der Waals surface area contributed by atoms with Crippen LogP contribution in [0, 0.1) is 0 Å². The van der Waals surface area contributed by atoms with Crippen molar-refractivity contribution in [3.05, 3.63) is 77.9 Å². The summed E-state index contributed by atoms with van der Waals surface area (Å²) in [5, 5.41) is 8.81. The van der Waals surface area contributed by atoms with E-state index in [1.54, 1.807) is 13.2 Å². The Labute approximate surface area is 241 Å². The van der Waals surface area contributed by atoms with Crippen LogP contribution in [-0.2, 0) is 11.2 Å². The number of para-hydroxylation sites is 2. The van der Waals surface area contributed by atoms with Crippen LogP contribution in [0.25, 0.3) is 0 Å². The minimum absolute atomic E-state index is 0.0398. The maximum Gasteiger partial charge on any atom is 0.323 e. The zero-order valence-corrected chi connectivity index (χ0v) is 23.8. The van der Waals surface area contributed by atoms with Crippen LogP contribution in [0.2, 0.25) is 0 Å². The van der Waals surface area contributed by atoms with Gasteiger partial charge in [-0.15, -0.1) is 0 Å². The van der Waals surface area contributed by atoms with Gasteiger partial charge in [0.1, 0.15) is 5.75 Å². The van der Waals surface area contributed by atoms with Crippen molar-refractivity contribution >= 4 is 34.7 Å². The molecule has 2 aliphatic rings. The first-order chi connectivity index (χ1) is 20.0. The maximum atomic E-state index is 13.5. The van der Waals surface area contributed by atoms with Crippen molar-refractivity contribution < 1.29 is 19.1 Å². The molecule has 5 rings (SSSR count). The Balaban J connectivity index is 1.30. The number of hydrogen-bond donors (Lipinski definition) is 3. The van der Waals surface area contributed by atoms with Crippen molar-refractivity contribution in [1.82, 2.24) is 5.32 Å². The highest BCUT2D eigenvalue weighted by Crippen LogP contribution is 2.31. The van der Waals surface area contributed by atoms with Crippen LogP contribution in [0.5, 0.6) is 5.75 Å². The second-order valence-electron chi connectivity index (χ2n) is 10.4. The van der Waals surface area contributed by atoms with E-state index in [-0.39, 0.29) is 18.0 Å². The molecule has 0 bridgehead atoms. The third-order valence-corrected chi connectivity index (χ3v) is 7.68. The maximum absolute atomic E-state index is 13.5. The van der Waals surface area contributed by atoms with E-state index in [2.05, 4.69) is 38.7 Å². The summed E-state index contributed by atoms with van der Waals surface area (Å²) in [4.78, 5) is 30.8. The average Bonchev–Trinajstić information content (AvgIpc) is 3.54. The fourth-order valence-electron chi connectivity index (χ4n) is 5.38. The number of carbonyl (C=O) groups is 2. The number of nitrogens with zero attached hydrogens (tertiary/aromatic N) is 2. The van der Waals surface area contributed by atoms with E-state index in [1.165, 1.54) is 5.56 Å². The van der Waals surface area contributed by atoms with E-state index in [4.69, 9.17) is 9.47 Å². The number of urea groups is 1. The fourth-order valence-corrected chi connectivity index (χ4v) is 5.38. The van der Waals surface area contributed by atoms with Crippen molar-refractivity contribution in [3.8, 4) is 5.75 Å². The molecular weight excluding hydrogens is 518 g/mol. The smallest absolute Gasteiger partial charge is 0.323 e. The first-order valence-electron chi connectivity index (χ1n) is 14.4. The number of rotatable bonds is 9. The number of aryl methyl sites for hydroxylation is 1. The highest BCUT2D eigenvalue weighted by molar-refractivity contribution is 6.04. The fraction of sp³-hybridized carbons (Fsp3) is 0.375. The summed E-state index contributed by atoms with van der Waals surface area (Å²) in [6.45, 7) is 6.35. The average molecular weight is 558 g/mol. The molecule has 3 N–H and O–H groups in total. The molecule has 2 fully saturated rings. The van der Waals surface area contributed by atoms with Gasteiger partial charge in [0.2, 0.25) is 0 Å². The molecule has 9 nitrogen and oxygen atoms in total. The molecule has 0 aromatic heterocycles. The van der Waals surface area contributed by atoms with Gasteiger partial charge >= 0.3 is 6.03 Å². The third kappa shape index (κ3) is 7.10.